The van der Waals surface area contributed by atoms with E-state index in [0.717, 1.165) is 30.7 Å². The van der Waals surface area contributed by atoms with Gasteiger partial charge >= 0.3 is 0 Å². The lowest BCUT2D eigenvalue weighted by Gasteiger charge is -2.21. The Bertz CT molecular complexity index is 583. The minimum absolute atomic E-state index is 0.182. The first-order valence-electron chi connectivity index (χ1n) is 7.18. The molecule has 1 atom stereocenters. The molecule has 0 aliphatic rings. The van der Waals surface area contributed by atoms with Gasteiger partial charge in [0, 0.05) is 29.9 Å². The van der Waals surface area contributed by atoms with E-state index in [1.807, 2.05) is 42.3 Å². The van der Waals surface area contributed by atoms with Crippen molar-refractivity contribution in [2.75, 3.05) is 13.7 Å². The van der Waals surface area contributed by atoms with Gasteiger partial charge in [-0.1, -0.05) is 24.6 Å². The molecular formula is C16H22ClN3O. The van der Waals surface area contributed by atoms with Crippen molar-refractivity contribution in [2.45, 2.75) is 25.8 Å². The fraction of sp³-hybridized carbons (Fsp3) is 0.438. The van der Waals surface area contributed by atoms with Gasteiger partial charge in [0.2, 0.25) is 0 Å². The highest BCUT2D eigenvalue weighted by Gasteiger charge is 2.17. The van der Waals surface area contributed by atoms with Crippen molar-refractivity contribution in [2.24, 2.45) is 7.05 Å². The molecule has 0 saturated carbocycles. The Labute approximate surface area is 131 Å². The van der Waals surface area contributed by atoms with Crippen molar-refractivity contribution in [3.63, 3.8) is 0 Å². The molecule has 2 rings (SSSR count). The van der Waals surface area contributed by atoms with E-state index in [-0.39, 0.29) is 6.04 Å². The molecule has 114 valence electrons. The zero-order valence-corrected chi connectivity index (χ0v) is 13.5. The molecule has 0 spiro atoms. The number of nitrogens with zero attached hydrogens (tertiary/aromatic N) is 2. The van der Waals surface area contributed by atoms with Gasteiger partial charge in [0.1, 0.15) is 5.75 Å². The second-order valence-electron chi connectivity index (χ2n) is 5.12. The van der Waals surface area contributed by atoms with Gasteiger partial charge in [-0.2, -0.15) is 5.10 Å². The van der Waals surface area contributed by atoms with Crippen LogP contribution in [0.5, 0.6) is 5.75 Å². The molecule has 1 unspecified atom stereocenters. The zero-order chi connectivity index (χ0) is 15.2. The average Bonchev–Trinajstić information content (AvgIpc) is 2.88. The van der Waals surface area contributed by atoms with E-state index in [1.165, 1.54) is 5.56 Å². The molecule has 0 aliphatic carbocycles. The third kappa shape index (κ3) is 4.22. The summed E-state index contributed by atoms with van der Waals surface area (Å²) in [6.07, 6.45) is 5.90. The maximum absolute atomic E-state index is 6.05. The molecule has 21 heavy (non-hydrogen) atoms. The van der Waals surface area contributed by atoms with Crippen LogP contribution in [0.15, 0.2) is 30.6 Å². The van der Waals surface area contributed by atoms with E-state index < -0.39 is 0 Å². The monoisotopic (exact) mass is 307 g/mol. The molecule has 0 amide bonds. The van der Waals surface area contributed by atoms with Gasteiger partial charge in [0.25, 0.3) is 0 Å². The van der Waals surface area contributed by atoms with E-state index in [1.54, 1.807) is 7.11 Å². The van der Waals surface area contributed by atoms with Gasteiger partial charge < -0.3 is 10.1 Å². The van der Waals surface area contributed by atoms with Crippen LogP contribution < -0.4 is 10.1 Å². The van der Waals surface area contributed by atoms with Crippen LogP contribution in [-0.2, 0) is 13.5 Å². The van der Waals surface area contributed by atoms with Gasteiger partial charge in [-0.15, -0.1) is 0 Å². The molecule has 1 heterocycles. The quantitative estimate of drug-likeness (QED) is 0.852. The Hall–Kier alpha value is -1.52. The number of hydrogen-bond acceptors (Lipinski definition) is 3. The topological polar surface area (TPSA) is 39.1 Å². The molecule has 0 radical (unpaired) electrons. The molecule has 1 aromatic heterocycles. The normalized spacial score (nSPS) is 12.4. The summed E-state index contributed by atoms with van der Waals surface area (Å²) < 4.78 is 7.31. The van der Waals surface area contributed by atoms with E-state index in [0.29, 0.717) is 5.02 Å². The fourth-order valence-electron chi connectivity index (χ4n) is 2.40. The number of hydrogen-bond donors (Lipinski definition) is 1. The summed E-state index contributed by atoms with van der Waals surface area (Å²) >= 11 is 6.05. The van der Waals surface area contributed by atoms with Gasteiger partial charge in [-0.3, -0.25) is 4.68 Å². The summed E-state index contributed by atoms with van der Waals surface area (Å²) in [7, 11) is 3.61. The second kappa shape index (κ2) is 7.48. The van der Waals surface area contributed by atoms with Crippen LogP contribution in [0.4, 0.5) is 0 Å². The van der Waals surface area contributed by atoms with Crippen LogP contribution in [-0.4, -0.2) is 23.4 Å². The predicted molar refractivity (Wildman–Crippen MR) is 86.0 cm³/mol. The Morgan fingerprint density at radius 2 is 2.24 bits per heavy atom. The van der Waals surface area contributed by atoms with Crippen LogP contribution in [0.25, 0.3) is 0 Å². The first-order valence-corrected chi connectivity index (χ1v) is 7.56. The Balaban J connectivity index is 2.26. The SMILES string of the molecule is CCCNC(Cc1cnn(C)c1)c1ccc(Cl)cc1OC. The largest absolute Gasteiger partial charge is 0.496 e. The zero-order valence-electron chi connectivity index (χ0n) is 12.8. The van der Waals surface area contributed by atoms with Gasteiger partial charge in [0.15, 0.2) is 0 Å². The molecular weight excluding hydrogens is 286 g/mol. The number of rotatable bonds is 7. The number of methoxy groups -OCH3 is 1. The second-order valence-corrected chi connectivity index (χ2v) is 5.56. The number of aromatic nitrogens is 2. The molecule has 1 aromatic carbocycles. The van der Waals surface area contributed by atoms with E-state index in [4.69, 9.17) is 16.3 Å². The van der Waals surface area contributed by atoms with Crippen LogP contribution in [0, 0.1) is 0 Å². The van der Waals surface area contributed by atoms with E-state index in [9.17, 15) is 0 Å². The first kappa shape index (κ1) is 15.9. The van der Waals surface area contributed by atoms with Crippen LogP contribution in [0.3, 0.4) is 0 Å². The molecule has 4 nitrogen and oxygen atoms in total. The van der Waals surface area contributed by atoms with Crippen molar-refractivity contribution >= 4 is 11.6 Å². The van der Waals surface area contributed by atoms with Crippen molar-refractivity contribution in [1.82, 2.24) is 15.1 Å². The summed E-state index contributed by atoms with van der Waals surface area (Å²) in [5.41, 5.74) is 2.32. The van der Waals surface area contributed by atoms with E-state index >= 15 is 0 Å². The molecule has 5 heteroatoms. The van der Waals surface area contributed by atoms with Crippen LogP contribution in [0.2, 0.25) is 5.02 Å². The lowest BCUT2D eigenvalue weighted by Crippen LogP contribution is -2.24. The highest BCUT2D eigenvalue weighted by molar-refractivity contribution is 6.30. The Morgan fingerprint density at radius 3 is 2.86 bits per heavy atom. The Kier molecular flexibility index (Phi) is 5.65. The predicted octanol–water partition coefficient (Wildman–Crippen LogP) is 3.37. The molecule has 0 fully saturated rings. The third-order valence-corrected chi connectivity index (χ3v) is 3.64. The van der Waals surface area contributed by atoms with Crippen molar-refractivity contribution in [3.05, 3.63) is 46.7 Å². The number of aryl methyl sites for hydroxylation is 1. The van der Waals surface area contributed by atoms with Gasteiger partial charge in [-0.05, 0) is 37.1 Å². The van der Waals surface area contributed by atoms with Crippen LogP contribution >= 0.6 is 11.6 Å². The van der Waals surface area contributed by atoms with Gasteiger partial charge in [-0.25, -0.2) is 0 Å². The minimum atomic E-state index is 0.182. The standard InChI is InChI=1S/C16H22ClN3O/c1-4-7-18-15(8-12-10-19-20(2)11-12)14-6-5-13(17)9-16(14)21-3/h5-6,9-11,15,18H,4,7-8H2,1-3H3. The molecule has 2 aromatic rings. The first-order chi connectivity index (χ1) is 10.1. The number of nitrogens with one attached hydrogen (secondary N) is 1. The molecule has 0 bridgehead atoms. The van der Waals surface area contributed by atoms with Crippen molar-refractivity contribution in [3.8, 4) is 5.75 Å². The summed E-state index contributed by atoms with van der Waals surface area (Å²) in [5, 5.41) is 8.50. The maximum atomic E-state index is 6.05. The van der Waals surface area contributed by atoms with Gasteiger partial charge in [0.05, 0.1) is 13.3 Å². The van der Waals surface area contributed by atoms with Crippen LogP contribution in [0.1, 0.15) is 30.5 Å². The van der Waals surface area contributed by atoms with Crippen molar-refractivity contribution in [1.29, 1.82) is 0 Å². The Morgan fingerprint density at radius 1 is 1.43 bits per heavy atom. The highest BCUT2D eigenvalue weighted by atomic mass is 35.5. The summed E-state index contributed by atoms with van der Waals surface area (Å²) in [6.45, 7) is 3.12. The summed E-state index contributed by atoms with van der Waals surface area (Å²) in [6, 6.07) is 5.98. The molecule has 1 N–H and O–H groups in total. The molecule has 0 saturated heterocycles. The van der Waals surface area contributed by atoms with E-state index in [2.05, 4.69) is 17.3 Å². The highest BCUT2D eigenvalue weighted by Crippen LogP contribution is 2.30. The lowest BCUT2D eigenvalue weighted by atomic mass is 9.99. The van der Waals surface area contributed by atoms with Crippen molar-refractivity contribution < 1.29 is 4.74 Å². The smallest absolute Gasteiger partial charge is 0.125 e. The fourth-order valence-corrected chi connectivity index (χ4v) is 2.56. The molecule has 0 aliphatic heterocycles. The number of halogens is 1. The summed E-state index contributed by atoms with van der Waals surface area (Å²) in [4.78, 5) is 0. The lowest BCUT2D eigenvalue weighted by molar-refractivity contribution is 0.398. The number of benzene rings is 1. The minimum Gasteiger partial charge on any atom is -0.496 e. The average molecular weight is 308 g/mol. The maximum Gasteiger partial charge on any atom is 0.125 e. The number of ether oxygens (including phenoxy) is 1. The third-order valence-electron chi connectivity index (χ3n) is 3.41. The summed E-state index contributed by atoms with van der Waals surface area (Å²) in [5.74, 6) is 0.819.